The average Bonchev–Trinajstić information content (AvgIpc) is 3.31. The molecule has 0 unspecified atom stereocenters. The van der Waals surface area contributed by atoms with E-state index in [1.165, 1.54) is 16.7 Å². The monoisotopic (exact) mass is 444 g/mol. The molecule has 4 rings (SSSR count). The predicted molar refractivity (Wildman–Crippen MR) is 121 cm³/mol. The minimum absolute atomic E-state index is 0.00288. The summed E-state index contributed by atoms with van der Waals surface area (Å²) in [5.41, 5.74) is 0. The van der Waals surface area contributed by atoms with Crippen molar-refractivity contribution in [2.45, 2.75) is 37.2 Å². The number of hydrogen-bond acceptors (Lipinski definition) is 4. The second-order valence-electron chi connectivity index (χ2n) is 7.93. The molecular weight excluding hydrogens is 420 g/mol. The summed E-state index contributed by atoms with van der Waals surface area (Å²) in [4.78, 5) is 12.5. The number of carboxylic acid groups (broad SMARTS) is 1. The number of benzene rings is 2. The third-order valence-electron chi connectivity index (χ3n) is 5.97. The number of fused-ring (bicyclic) bond motifs is 1. The number of aromatic carboxylic acids is 1. The van der Waals surface area contributed by atoms with Crippen LogP contribution in [0.2, 0.25) is 0 Å². The van der Waals surface area contributed by atoms with E-state index in [9.17, 15) is 9.90 Å². The van der Waals surface area contributed by atoms with Gasteiger partial charge in [0.1, 0.15) is 10.6 Å². The molecule has 158 valence electrons. The molecule has 0 saturated heterocycles. The van der Waals surface area contributed by atoms with Crippen molar-refractivity contribution in [1.29, 1.82) is 0 Å². The molecule has 1 fully saturated rings. The van der Waals surface area contributed by atoms with Crippen LogP contribution >= 0.6 is 22.9 Å². The molecule has 0 amide bonds. The number of aliphatic hydroxyl groups is 1. The van der Waals surface area contributed by atoms with Crippen molar-refractivity contribution >= 4 is 39.7 Å². The molecule has 2 N–H and O–H groups in total. The van der Waals surface area contributed by atoms with Gasteiger partial charge in [0.15, 0.2) is 0 Å². The molecule has 1 aliphatic rings. The second kappa shape index (κ2) is 9.38. The van der Waals surface area contributed by atoms with E-state index in [4.69, 9.17) is 21.4 Å². The lowest BCUT2D eigenvalue weighted by Gasteiger charge is -2.23. The van der Waals surface area contributed by atoms with Crippen LogP contribution < -0.4 is 4.74 Å². The third kappa shape index (κ3) is 4.80. The van der Waals surface area contributed by atoms with E-state index in [-0.39, 0.29) is 17.2 Å². The van der Waals surface area contributed by atoms with Crippen molar-refractivity contribution in [1.82, 2.24) is 0 Å². The van der Waals surface area contributed by atoms with Gasteiger partial charge in [0.2, 0.25) is 0 Å². The van der Waals surface area contributed by atoms with Crippen LogP contribution in [0, 0.1) is 11.8 Å². The van der Waals surface area contributed by atoms with E-state index in [1.54, 1.807) is 6.07 Å². The highest BCUT2D eigenvalue weighted by atomic mass is 35.5. The zero-order valence-electron chi connectivity index (χ0n) is 16.5. The van der Waals surface area contributed by atoms with Crippen LogP contribution in [0.5, 0.6) is 5.75 Å². The van der Waals surface area contributed by atoms with Gasteiger partial charge in [-0.15, -0.1) is 22.9 Å². The van der Waals surface area contributed by atoms with Gasteiger partial charge in [-0.3, -0.25) is 0 Å². The smallest absolute Gasteiger partial charge is 0.345 e. The molecule has 1 saturated carbocycles. The SMILES string of the molecule is O=C(O)c1ccc(CCC[C@@H]2[C@@H](COc3ccc4ccccc4c3)[C@H](O)C[C@@H]2Cl)s1. The Morgan fingerprint density at radius 2 is 1.90 bits per heavy atom. The number of carboxylic acids is 1. The summed E-state index contributed by atoms with van der Waals surface area (Å²) in [6.45, 7) is 0.440. The number of alkyl halides is 1. The fourth-order valence-corrected chi connectivity index (χ4v) is 5.74. The molecule has 3 aromatic rings. The minimum Gasteiger partial charge on any atom is -0.493 e. The molecule has 0 bridgehead atoms. The maximum Gasteiger partial charge on any atom is 0.345 e. The van der Waals surface area contributed by atoms with Gasteiger partial charge in [-0.05, 0) is 66.6 Å². The van der Waals surface area contributed by atoms with Crippen LogP contribution in [0.1, 0.15) is 33.8 Å². The summed E-state index contributed by atoms with van der Waals surface area (Å²) in [7, 11) is 0. The van der Waals surface area contributed by atoms with Gasteiger partial charge in [0.25, 0.3) is 0 Å². The highest BCUT2D eigenvalue weighted by Gasteiger charge is 2.41. The third-order valence-corrected chi connectivity index (χ3v) is 7.61. The molecular formula is C24H25ClO4S. The zero-order valence-corrected chi connectivity index (χ0v) is 18.1. The Bertz CT molecular complexity index is 1020. The van der Waals surface area contributed by atoms with Crippen molar-refractivity contribution in [3.05, 3.63) is 64.4 Å². The number of ether oxygens (including phenoxy) is 1. The Morgan fingerprint density at radius 1 is 1.10 bits per heavy atom. The Labute approximate surface area is 185 Å². The quantitative estimate of drug-likeness (QED) is 0.443. The molecule has 0 spiro atoms. The number of thiophene rings is 1. The van der Waals surface area contributed by atoms with Gasteiger partial charge in [-0.25, -0.2) is 4.79 Å². The van der Waals surface area contributed by atoms with Gasteiger partial charge >= 0.3 is 5.97 Å². The van der Waals surface area contributed by atoms with E-state index >= 15 is 0 Å². The lowest BCUT2D eigenvalue weighted by molar-refractivity contribution is 0.0701. The summed E-state index contributed by atoms with van der Waals surface area (Å²) < 4.78 is 6.06. The van der Waals surface area contributed by atoms with Crippen molar-refractivity contribution in [2.24, 2.45) is 11.8 Å². The number of halogens is 1. The zero-order chi connectivity index (χ0) is 21.1. The first-order valence-electron chi connectivity index (χ1n) is 10.3. The maximum absolute atomic E-state index is 11.0. The molecule has 4 nitrogen and oxygen atoms in total. The number of hydrogen-bond donors (Lipinski definition) is 2. The lowest BCUT2D eigenvalue weighted by Crippen LogP contribution is -2.27. The van der Waals surface area contributed by atoms with Crippen LogP contribution in [-0.4, -0.2) is 34.3 Å². The number of aryl methyl sites for hydroxylation is 1. The summed E-state index contributed by atoms with van der Waals surface area (Å²) in [6, 6.07) is 17.7. The van der Waals surface area contributed by atoms with Crippen molar-refractivity contribution in [3.8, 4) is 5.75 Å². The highest BCUT2D eigenvalue weighted by molar-refractivity contribution is 7.13. The topological polar surface area (TPSA) is 66.8 Å². The summed E-state index contributed by atoms with van der Waals surface area (Å²) in [5.74, 6) is 0.104. The predicted octanol–water partition coefficient (Wildman–Crippen LogP) is 5.61. The Hall–Kier alpha value is -2.08. The first-order chi connectivity index (χ1) is 14.5. The van der Waals surface area contributed by atoms with Crippen LogP contribution in [0.25, 0.3) is 10.8 Å². The number of aliphatic hydroxyl groups excluding tert-OH is 1. The fraction of sp³-hybridized carbons (Fsp3) is 0.375. The molecule has 1 aromatic heterocycles. The minimum atomic E-state index is -0.878. The lowest BCUT2D eigenvalue weighted by atomic mass is 9.90. The largest absolute Gasteiger partial charge is 0.493 e. The summed E-state index contributed by atoms with van der Waals surface area (Å²) >= 11 is 7.89. The molecule has 0 radical (unpaired) electrons. The Morgan fingerprint density at radius 3 is 2.67 bits per heavy atom. The average molecular weight is 445 g/mol. The molecule has 2 aromatic carbocycles. The van der Waals surface area contributed by atoms with Gasteiger partial charge in [0.05, 0.1) is 12.7 Å². The Kier molecular flexibility index (Phi) is 6.61. The van der Waals surface area contributed by atoms with Crippen LogP contribution in [0.15, 0.2) is 54.6 Å². The molecule has 1 aliphatic carbocycles. The molecule has 30 heavy (non-hydrogen) atoms. The first-order valence-corrected chi connectivity index (χ1v) is 11.5. The Balaban J connectivity index is 1.35. The van der Waals surface area contributed by atoms with Gasteiger partial charge < -0.3 is 14.9 Å². The van der Waals surface area contributed by atoms with E-state index in [1.807, 2.05) is 36.4 Å². The normalized spacial score (nSPS) is 23.7. The van der Waals surface area contributed by atoms with E-state index in [0.29, 0.717) is 17.9 Å². The first kappa shape index (κ1) is 21.2. The summed E-state index contributed by atoms with van der Waals surface area (Å²) in [6.07, 6.45) is 2.74. The number of rotatable bonds is 8. The van der Waals surface area contributed by atoms with Crippen molar-refractivity contribution < 1.29 is 19.7 Å². The van der Waals surface area contributed by atoms with E-state index in [0.717, 1.165) is 35.3 Å². The van der Waals surface area contributed by atoms with Gasteiger partial charge in [-0.2, -0.15) is 0 Å². The molecule has 6 heteroatoms. The van der Waals surface area contributed by atoms with Crippen LogP contribution in [0.3, 0.4) is 0 Å². The van der Waals surface area contributed by atoms with Gasteiger partial charge in [-0.1, -0.05) is 30.3 Å². The standard InChI is InChI=1S/C24H25ClO4S/c25-21-13-22(26)20(14-29-17-9-8-15-4-1-2-5-16(15)12-17)19(21)7-3-6-18-10-11-23(30-18)24(27)28/h1-2,4-5,8-12,19-22,26H,3,6-7,13-14H2,(H,27,28)/t19-,20-,21+,22-/m1/s1. The van der Waals surface area contributed by atoms with E-state index in [2.05, 4.69) is 12.1 Å². The van der Waals surface area contributed by atoms with Crippen molar-refractivity contribution in [2.75, 3.05) is 6.61 Å². The molecule has 4 atom stereocenters. The van der Waals surface area contributed by atoms with Gasteiger partial charge in [0, 0.05) is 16.2 Å². The second-order valence-corrected chi connectivity index (χ2v) is 9.66. The van der Waals surface area contributed by atoms with Crippen LogP contribution in [0.4, 0.5) is 0 Å². The van der Waals surface area contributed by atoms with E-state index < -0.39 is 12.1 Å². The summed E-state index contributed by atoms with van der Waals surface area (Å²) in [5, 5.41) is 21.8. The molecule has 1 heterocycles. The van der Waals surface area contributed by atoms with Crippen LogP contribution in [-0.2, 0) is 6.42 Å². The molecule has 0 aliphatic heterocycles. The number of carbonyl (C=O) groups is 1. The fourth-order valence-electron chi connectivity index (χ4n) is 4.35. The maximum atomic E-state index is 11.0. The highest BCUT2D eigenvalue weighted by Crippen LogP contribution is 2.40. The van der Waals surface area contributed by atoms with Crippen molar-refractivity contribution in [3.63, 3.8) is 0 Å².